The van der Waals surface area contributed by atoms with Crippen molar-refractivity contribution in [3.63, 3.8) is 0 Å². The molecule has 0 spiro atoms. The monoisotopic (exact) mass is 114 g/mol. The zero-order valence-corrected chi connectivity index (χ0v) is 4.83. The van der Waals surface area contributed by atoms with E-state index in [1.54, 1.807) is 0 Å². The van der Waals surface area contributed by atoms with Crippen molar-refractivity contribution in [3.05, 3.63) is 0 Å². The Labute approximate surface area is 55.3 Å². The number of rotatable bonds is 0. The average Bonchev–Trinajstić information content (AvgIpc) is 1.36. The van der Waals surface area contributed by atoms with Crippen LogP contribution in [0, 0.1) is 0 Å². The molecule has 0 amide bonds. The minimum atomic E-state index is -1.82. The minimum absolute atomic E-state index is 0. The van der Waals surface area contributed by atoms with E-state index in [4.69, 9.17) is 19.8 Å². The zero-order valence-electron chi connectivity index (χ0n) is 3.42. The molecule has 0 unspecified atom stereocenters. The molecule has 0 bridgehead atoms. The molecule has 0 aliphatic rings. The zero-order chi connectivity index (χ0) is 5.15. The van der Waals surface area contributed by atoms with Crippen LogP contribution in [0.25, 0.3) is 0 Å². The molecule has 5 heteroatoms. The summed E-state index contributed by atoms with van der Waals surface area (Å²) in [5, 5.41) is 14.8. The van der Waals surface area contributed by atoms with Crippen LogP contribution in [0.2, 0.25) is 0 Å². The van der Waals surface area contributed by atoms with Crippen LogP contribution < -0.4 is 0 Å². The fourth-order valence-corrected chi connectivity index (χ4v) is 0. The number of carbonyl (C=O) groups is 2. The number of aliphatic carboxylic acids is 2. The van der Waals surface area contributed by atoms with Gasteiger partial charge < -0.3 is 10.2 Å². The van der Waals surface area contributed by atoms with Crippen molar-refractivity contribution in [2.45, 2.75) is 0 Å². The van der Waals surface area contributed by atoms with Gasteiger partial charge in [-0.05, 0) is 0 Å². The van der Waals surface area contributed by atoms with Gasteiger partial charge in [0, 0.05) is 0 Å². The van der Waals surface area contributed by atoms with Gasteiger partial charge in [-0.3, -0.25) is 0 Å². The number of carboxylic acids is 2. The van der Waals surface area contributed by atoms with Gasteiger partial charge in [-0.15, -0.1) is 0 Å². The van der Waals surface area contributed by atoms with Crippen LogP contribution in [-0.4, -0.2) is 45.2 Å². The molecule has 0 rings (SSSR count). The van der Waals surface area contributed by atoms with E-state index in [0.717, 1.165) is 0 Å². The third-order valence-corrected chi connectivity index (χ3v) is 0.183. The van der Waals surface area contributed by atoms with Crippen molar-refractivity contribution < 1.29 is 19.8 Å². The summed E-state index contributed by atoms with van der Waals surface area (Å²) in [6.45, 7) is 0. The standard InChI is InChI=1S/C2H2O4.Mg/c3-1(4)2(5)6;/h(H,3,4)(H,5,6);/q;+2. The van der Waals surface area contributed by atoms with Crippen LogP contribution in [0.15, 0.2) is 0 Å². The third kappa shape index (κ3) is 5.71. The smallest absolute Gasteiger partial charge is 0.473 e. The SMILES string of the molecule is O=C(O)C(=O)O.[Mg+2]. The van der Waals surface area contributed by atoms with Crippen LogP contribution in [0.3, 0.4) is 0 Å². The Morgan fingerprint density at radius 3 is 1.14 bits per heavy atom. The summed E-state index contributed by atoms with van der Waals surface area (Å²) in [5.41, 5.74) is 0. The topological polar surface area (TPSA) is 74.6 Å². The van der Waals surface area contributed by atoms with Crippen molar-refractivity contribution in [1.82, 2.24) is 0 Å². The Bertz CT molecular complexity index is 75.7. The molecular weight excluding hydrogens is 112 g/mol. The molecule has 0 aromatic heterocycles. The molecule has 0 aliphatic carbocycles. The van der Waals surface area contributed by atoms with Crippen molar-refractivity contribution in [3.8, 4) is 0 Å². The Balaban J connectivity index is 0. The van der Waals surface area contributed by atoms with E-state index >= 15 is 0 Å². The maximum absolute atomic E-state index is 9.10. The van der Waals surface area contributed by atoms with Gasteiger partial charge in [-0.1, -0.05) is 0 Å². The molecule has 0 aromatic rings. The molecule has 34 valence electrons. The predicted molar refractivity (Wildman–Crippen MR) is 21.0 cm³/mol. The Kier molecular flexibility index (Phi) is 5.47. The first kappa shape index (κ1) is 9.86. The van der Waals surface area contributed by atoms with E-state index in [-0.39, 0.29) is 23.1 Å². The van der Waals surface area contributed by atoms with Gasteiger partial charge in [0.15, 0.2) is 0 Å². The van der Waals surface area contributed by atoms with Crippen LogP contribution in [-0.2, 0) is 9.59 Å². The second-order valence-electron chi connectivity index (χ2n) is 0.610. The molecule has 0 atom stereocenters. The fraction of sp³-hybridized carbons (Fsp3) is 0. The van der Waals surface area contributed by atoms with Gasteiger partial charge in [0.25, 0.3) is 0 Å². The molecular formula is C2H2MgO4+2. The largest absolute Gasteiger partial charge is 2.00 e. The maximum atomic E-state index is 9.10. The van der Waals surface area contributed by atoms with Gasteiger partial charge in [0.05, 0.1) is 0 Å². The molecule has 0 radical (unpaired) electrons. The molecule has 0 saturated carbocycles. The van der Waals surface area contributed by atoms with Crippen LogP contribution in [0.4, 0.5) is 0 Å². The van der Waals surface area contributed by atoms with E-state index in [1.165, 1.54) is 0 Å². The molecule has 4 nitrogen and oxygen atoms in total. The molecule has 2 N–H and O–H groups in total. The first-order valence-corrected chi connectivity index (χ1v) is 1.11. The summed E-state index contributed by atoms with van der Waals surface area (Å²) >= 11 is 0. The van der Waals surface area contributed by atoms with Gasteiger partial charge in [-0.25, -0.2) is 9.59 Å². The van der Waals surface area contributed by atoms with Crippen LogP contribution in [0.1, 0.15) is 0 Å². The van der Waals surface area contributed by atoms with Crippen molar-refractivity contribution >= 4 is 35.0 Å². The number of hydrogen-bond acceptors (Lipinski definition) is 2. The first-order valence-electron chi connectivity index (χ1n) is 1.11. The Morgan fingerprint density at radius 1 is 1.00 bits per heavy atom. The van der Waals surface area contributed by atoms with Gasteiger partial charge >= 0.3 is 35.0 Å². The van der Waals surface area contributed by atoms with Crippen LogP contribution >= 0.6 is 0 Å². The van der Waals surface area contributed by atoms with Crippen molar-refractivity contribution in [1.29, 1.82) is 0 Å². The van der Waals surface area contributed by atoms with Gasteiger partial charge in [0.2, 0.25) is 0 Å². The quantitative estimate of drug-likeness (QED) is 0.306. The molecule has 0 saturated heterocycles. The second-order valence-corrected chi connectivity index (χ2v) is 0.610. The number of hydrogen-bond donors (Lipinski definition) is 2. The molecule has 0 fully saturated rings. The number of carboxylic acid groups (broad SMARTS) is 2. The second kappa shape index (κ2) is 3.88. The molecule has 0 aromatic carbocycles. The summed E-state index contributed by atoms with van der Waals surface area (Å²) in [6, 6.07) is 0. The van der Waals surface area contributed by atoms with Crippen LogP contribution in [0.5, 0.6) is 0 Å². The van der Waals surface area contributed by atoms with Gasteiger partial charge in [0.1, 0.15) is 0 Å². The van der Waals surface area contributed by atoms with E-state index in [2.05, 4.69) is 0 Å². The summed E-state index contributed by atoms with van der Waals surface area (Å²) < 4.78 is 0. The van der Waals surface area contributed by atoms with Crippen molar-refractivity contribution in [2.24, 2.45) is 0 Å². The summed E-state index contributed by atoms with van der Waals surface area (Å²) in [6.07, 6.45) is 0. The summed E-state index contributed by atoms with van der Waals surface area (Å²) in [7, 11) is 0. The average molecular weight is 114 g/mol. The fourth-order valence-electron chi connectivity index (χ4n) is 0. The third-order valence-electron chi connectivity index (χ3n) is 0.183. The van der Waals surface area contributed by atoms with E-state index in [9.17, 15) is 0 Å². The maximum Gasteiger partial charge on any atom is 2.00 e. The Morgan fingerprint density at radius 2 is 1.14 bits per heavy atom. The Hall–Kier alpha value is -0.294. The normalized spacial score (nSPS) is 6.29. The predicted octanol–water partition coefficient (Wildman–Crippen LogP) is -1.23. The van der Waals surface area contributed by atoms with E-state index < -0.39 is 11.9 Å². The van der Waals surface area contributed by atoms with E-state index in [0.29, 0.717) is 0 Å². The molecule has 7 heavy (non-hydrogen) atoms. The molecule has 0 aliphatic heterocycles. The summed E-state index contributed by atoms with van der Waals surface area (Å²) in [4.78, 5) is 18.2. The van der Waals surface area contributed by atoms with E-state index in [1.807, 2.05) is 0 Å². The van der Waals surface area contributed by atoms with Crippen molar-refractivity contribution in [2.75, 3.05) is 0 Å². The summed E-state index contributed by atoms with van der Waals surface area (Å²) in [5.74, 6) is -3.65. The van der Waals surface area contributed by atoms with Gasteiger partial charge in [-0.2, -0.15) is 0 Å². The minimum Gasteiger partial charge on any atom is -0.473 e. The first-order chi connectivity index (χ1) is 2.64. The molecule has 0 heterocycles.